The minimum Gasteiger partial charge on any atom is -0.340 e. The second kappa shape index (κ2) is 8.46. The highest BCUT2D eigenvalue weighted by Crippen LogP contribution is 2.20. The van der Waals surface area contributed by atoms with Gasteiger partial charge in [-0.2, -0.15) is 4.98 Å². The summed E-state index contributed by atoms with van der Waals surface area (Å²) in [5.41, 5.74) is 2.21. The number of nitrogens with one attached hydrogen (secondary N) is 2. The van der Waals surface area contributed by atoms with Crippen LogP contribution in [0.4, 0.5) is 22.2 Å². The Morgan fingerprint density at radius 1 is 1.07 bits per heavy atom. The Kier molecular flexibility index (Phi) is 5.60. The van der Waals surface area contributed by atoms with Crippen LogP contribution < -0.4 is 15.5 Å². The number of amides is 2. The predicted octanol–water partition coefficient (Wildman–Crippen LogP) is 3.65. The van der Waals surface area contributed by atoms with Crippen LogP contribution in [0.1, 0.15) is 37.7 Å². The van der Waals surface area contributed by atoms with E-state index >= 15 is 0 Å². The van der Waals surface area contributed by atoms with Crippen LogP contribution in [0.3, 0.4) is 0 Å². The second-order valence-electron chi connectivity index (χ2n) is 7.69. The van der Waals surface area contributed by atoms with Crippen molar-refractivity contribution in [1.82, 2.24) is 20.2 Å². The SMILES string of the molecule is Cc1ccc(Nc2ccnc(N3CCCN(C(=O)NC4CCCC4)C3)n2)cc1. The Morgan fingerprint density at radius 3 is 2.64 bits per heavy atom. The van der Waals surface area contributed by atoms with Crippen LogP contribution in [0.2, 0.25) is 0 Å². The van der Waals surface area contributed by atoms with Gasteiger partial charge in [0.25, 0.3) is 0 Å². The maximum absolute atomic E-state index is 12.6. The second-order valence-corrected chi connectivity index (χ2v) is 7.69. The van der Waals surface area contributed by atoms with E-state index in [1.165, 1.54) is 18.4 Å². The summed E-state index contributed by atoms with van der Waals surface area (Å²) < 4.78 is 0. The minimum atomic E-state index is 0.0329. The Bertz CT molecular complexity index is 803. The Balaban J connectivity index is 1.40. The van der Waals surface area contributed by atoms with Crippen molar-refractivity contribution >= 4 is 23.5 Å². The van der Waals surface area contributed by atoms with E-state index in [4.69, 9.17) is 0 Å². The molecular formula is C21H28N6O. The van der Waals surface area contributed by atoms with Crippen molar-refractivity contribution in [2.45, 2.75) is 45.1 Å². The van der Waals surface area contributed by atoms with Gasteiger partial charge in [-0.05, 0) is 44.4 Å². The lowest BCUT2D eigenvalue weighted by Gasteiger charge is -2.36. The standard InChI is InChI=1S/C21H28N6O/c1-16-7-9-18(10-8-16)23-19-11-12-22-20(25-19)26-13-4-14-27(15-26)21(28)24-17-5-2-3-6-17/h7-12,17H,2-6,13-15H2,1H3,(H,24,28)(H,22,23,25). The largest absolute Gasteiger partial charge is 0.340 e. The zero-order chi connectivity index (χ0) is 19.3. The average molecular weight is 380 g/mol. The molecule has 7 heteroatoms. The van der Waals surface area contributed by atoms with E-state index in [0.717, 1.165) is 43.9 Å². The highest BCUT2D eigenvalue weighted by molar-refractivity contribution is 5.75. The van der Waals surface area contributed by atoms with Crippen LogP contribution in [0.5, 0.6) is 0 Å². The summed E-state index contributed by atoms with van der Waals surface area (Å²) in [7, 11) is 0. The number of carbonyl (C=O) groups excluding carboxylic acids is 1. The average Bonchev–Trinajstić information content (AvgIpc) is 3.23. The van der Waals surface area contributed by atoms with Gasteiger partial charge in [-0.15, -0.1) is 0 Å². The van der Waals surface area contributed by atoms with Crippen LogP contribution in [0, 0.1) is 6.92 Å². The van der Waals surface area contributed by atoms with Gasteiger partial charge >= 0.3 is 6.03 Å². The van der Waals surface area contributed by atoms with Crippen LogP contribution in [-0.2, 0) is 0 Å². The first-order valence-electron chi connectivity index (χ1n) is 10.1. The van der Waals surface area contributed by atoms with Crippen LogP contribution in [-0.4, -0.2) is 46.7 Å². The Hall–Kier alpha value is -2.83. The van der Waals surface area contributed by atoms with E-state index in [9.17, 15) is 4.79 Å². The van der Waals surface area contributed by atoms with Gasteiger partial charge in [0.1, 0.15) is 5.82 Å². The molecule has 0 unspecified atom stereocenters. The van der Waals surface area contributed by atoms with E-state index in [-0.39, 0.29) is 6.03 Å². The monoisotopic (exact) mass is 380 g/mol. The normalized spacial score (nSPS) is 17.6. The molecule has 0 atom stereocenters. The fraction of sp³-hybridized carbons (Fsp3) is 0.476. The number of aromatic nitrogens is 2. The topological polar surface area (TPSA) is 73.4 Å². The lowest BCUT2D eigenvalue weighted by atomic mass is 10.2. The van der Waals surface area contributed by atoms with Crippen molar-refractivity contribution in [3.05, 3.63) is 42.1 Å². The minimum absolute atomic E-state index is 0.0329. The third kappa shape index (κ3) is 4.52. The number of benzene rings is 1. The van der Waals surface area contributed by atoms with Gasteiger partial charge < -0.3 is 20.4 Å². The zero-order valence-corrected chi connectivity index (χ0v) is 16.4. The van der Waals surface area contributed by atoms with Gasteiger partial charge in [0.05, 0.1) is 6.67 Å². The molecule has 1 saturated carbocycles. The van der Waals surface area contributed by atoms with Crippen molar-refractivity contribution in [3.63, 3.8) is 0 Å². The maximum atomic E-state index is 12.6. The van der Waals surface area contributed by atoms with Gasteiger partial charge in [0, 0.05) is 31.0 Å². The molecule has 148 valence electrons. The van der Waals surface area contributed by atoms with Crippen LogP contribution >= 0.6 is 0 Å². The molecule has 2 aromatic rings. The fourth-order valence-electron chi connectivity index (χ4n) is 3.82. The molecule has 1 saturated heterocycles. The van der Waals surface area contributed by atoms with E-state index < -0.39 is 0 Å². The Morgan fingerprint density at radius 2 is 1.86 bits per heavy atom. The maximum Gasteiger partial charge on any atom is 0.319 e. The zero-order valence-electron chi connectivity index (χ0n) is 16.4. The summed E-state index contributed by atoms with van der Waals surface area (Å²) in [5, 5.41) is 6.50. The molecule has 2 aliphatic rings. The number of aryl methyl sites for hydroxylation is 1. The van der Waals surface area contributed by atoms with Crippen molar-refractivity contribution in [3.8, 4) is 0 Å². The van der Waals surface area contributed by atoms with Gasteiger partial charge in [-0.1, -0.05) is 30.5 Å². The van der Waals surface area contributed by atoms with Gasteiger partial charge in [0.15, 0.2) is 0 Å². The molecule has 7 nitrogen and oxygen atoms in total. The molecule has 2 heterocycles. The molecule has 0 radical (unpaired) electrons. The van der Waals surface area contributed by atoms with Crippen LogP contribution in [0.15, 0.2) is 36.5 Å². The van der Waals surface area contributed by atoms with Crippen molar-refractivity contribution < 1.29 is 4.79 Å². The molecule has 1 aromatic carbocycles. The molecule has 1 aromatic heterocycles. The molecule has 2 N–H and O–H groups in total. The number of nitrogens with zero attached hydrogens (tertiary/aromatic N) is 4. The quantitative estimate of drug-likeness (QED) is 0.847. The van der Waals surface area contributed by atoms with Crippen molar-refractivity contribution in [2.24, 2.45) is 0 Å². The number of hydrogen-bond acceptors (Lipinski definition) is 5. The predicted molar refractivity (Wildman–Crippen MR) is 111 cm³/mol. The first-order chi connectivity index (χ1) is 13.7. The van der Waals surface area contributed by atoms with Crippen LogP contribution in [0.25, 0.3) is 0 Å². The van der Waals surface area contributed by atoms with Gasteiger partial charge in [0.2, 0.25) is 5.95 Å². The molecule has 2 amide bonds. The summed E-state index contributed by atoms with van der Waals surface area (Å²) in [5.74, 6) is 1.40. The first kappa shape index (κ1) is 18.5. The van der Waals surface area contributed by atoms with E-state index in [1.54, 1.807) is 6.20 Å². The highest BCUT2D eigenvalue weighted by Gasteiger charge is 2.26. The molecular weight excluding hydrogens is 352 g/mol. The Labute approximate surface area is 166 Å². The molecule has 4 rings (SSSR count). The lowest BCUT2D eigenvalue weighted by Crippen LogP contribution is -2.53. The number of hydrogen-bond donors (Lipinski definition) is 2. The molecule has 2 fully saturated rings. The summed E-state index contributed by atoms with van der Waals surface area (Å²) in [4.78, 5) is 25.6. The van der Waals surface area contributed by atoms with Gasteiger partial charge in [-0.3, -0.25) is 0 Å². The molecule has 28 heavy (non-hydrogen) atoms. The summed E-state index contributed by atoms with van der Waals surface area (Å²) in [6.07, 6.45) is 7.29. The third-order valence-electron chi connectivity index (χ3n) is 5.42. The van der Waals surface area contributed by atoms with Crippen molar-refractivity contribution in [2.75, 3.05) is 30.0 Å². The molecule has 0 bridgehead atoms. The molecule has 0 spiro atoms. The lowest BCUT2D eigenvalue weighted by molar-refractivity contribution is 0.185. The summed E-state index contributed by atoms with van der Waals surface area (Å²) in [6, 6.07) is 10.4. The smallest absolute Gasteiger partial charge is 0.319 e. The highest BCUT2D eigenvalue weighted by atomic mass is 16.2. The summed E-state index contributed by atoms with van der Waals surface area (Å²) in [6.45, 7) is 4.21. The van der Waals surface area contributed by atoms with E-state index in [0.29, 0.717) is 18.7 Å². The number of carbonyl (C=O) groups is 1. The number of urea groups is 1. The van der Waals surface area contributed by atoms with E-state index in [2.05, 4.69) is 44.6 Å². The van der Waals surface area contributed by atoms with Gasteiger partial charge in [-0.25, -0.2) is 9.78 Å². The first-order valence-corrected chi connectivity index (χ1v) is 10.1. The molecule has 1 aliphatic heterocycles. The third-order valence-corrected chi connectivity index (χ3v) is 5.42. The summed E-state index contributed by atoms with van der Waals surface area (Å²) >= 11 is 0. The number of anilines is 3. The molecule has 1 aliphatic carbocycles. The number of rotatable bonds is 4. The van der Waals surface area contributed by atoms with Crippen molar-refractivity contribution in [1.29, 1.82) is 0 Å². The van der Waals surface area contributed by atoms with E-state index in [1.807, 2.05) is 23.1 Å². The fourth-order valence-corrected chi connectivity index (χ4v) is 3.82.